The lowest BCUT2D eigenvalue weighted by Crippen LogP contribution is -2.43. The topological polar surface area (TPSA) is 93.1 Å². The first-order valence-corrected chi connectivity index (χ1v) is 11.1. The number of morpholine rings is 1. The Morgan fingerprint density at radius 1 is 1.18 bits per heavy atom. The van der Waals surface area contributed by atoms with Crippen LogP contribution in [0.4, 0.5) is 0 Å². The predicted molar refractivity (Wildman–Crippen MR) is 125 cm³/mol. The Labute approximate surface area is 190 Å². The summed E-state index contributed by atoms with van der Waals surface area (Å²) in [6.07, 6.45) is 1.64. The maximum absolute atomic E-state index is 13.0. The average Bonchev–Trinajstić information content (AvgIpc) is 3.39. The number of carbonyl (C=O) groups excluding carboxylic acids is 1. The minimum absolute atomic E-state index is 0.00424. The van der Waals surface area contributed by atoms with Gasteiger partial charge in [-0.15, -0.1) is 0 Å². The van der Waals surface area contributed by atoms with Gasteiger partial charge < -0.3 is 14.2 Å². The number of aromatic amines is 1. The number of ether oxygens (including phenoxy) is 1. The van der Waals surface area contributed by atoms with Gasteiger partial charge in [-0.3, -0.25) is 14.7 Å². The second-order valence-electron chi connectivity index (χ2n) is 8.20. The fourth-order valence-corrected chi connectivity index (χ4v) is 4.33. The van der Waals surface area contributed by atoms with E-state index in [4.69, 9.17) is 9.72 Å². The normalized spacial score (nSPS) is 16.3. The van der Waals surface area contributed by atoms with Gasteiger partial charge in [-0.1, -0.05) is 24.3 Å². The molecule has 0 spiro atoms. The number of para-hydroxylation sites is 1. The van der Waals surface area contributed by atoms with Crippen molar-refractivity contribution in [3.8, 4) is 11.4 Å². The van der Waals surface area contributed by atoms with Crippen molar-refractivity contribution >= 4 is 16.8 Å². The summed E-state index contributed by atoms with van der Waals surface area (Å²) in [6.45, 7) is 3.68. The molecule has 1 fully saturated rings. The Morgan fingerprint density at radius 2 is 2.06 bits per heavy atom. The van der Waals surface area contributed by atoms with Crippen LogP contribution in [0.15, 0.2) is 65.6 Å². The highest BCUT2D eigenvalue weighted by Crippen LogP contribution is 2.24. The zero-order valence-electron chi connectivity index (χ0n) is 18.4. The Hall–Kier alpha value is -3.78. The third-order valence-electron chi connectivity index (χ3n) is 6.07. The highest BCUT2D eigenvalue weighted by atomic mass is 16.5. The highest BCUT2D eigenvalue weighted by molar-refractivity contribution is 5.82. The number of rotatable bonds is 5. The van der Waals surface area contributed by atoms with Crippen LogP contribution in [0.3, 0.4) is 0 Å². The highest BCUT2D eigenvalue weighted by Gasteiger charge is 2.26. The number of hydrogen-bond donors (Lipinski definition) is 1. The Kier molecular flexibility index (Phi) is 5.75. The second kappa shape index (κ2) is 8.99. The molecule has 8 heteroatoms. The van der Waals surface area contributed by atoms with E-state index in [-0.39, 0.29) is 24.0 Å². The number of hydrogen-bond acceptors (Lipinski definition) is 5. The summed E-state index contributed by atoms with van der Waals surface area (Å²) in [5.74, 6) is 0.00424. The molecular weight excluding hydrogens is 418 g/mol. The van der Waals surface area contributed by atoms with Gasteiger partial charge in [0.15, 0.2) is 0 Å². The summed E-state index contributed by atoms with van der Waals surface area (Å²) < 4.78 is 7.62. The van der Waals surface area contributed by atoms with Crippen LogP contribution in [0.5, 0.6) is 0 Å². The second-order valence-corrected chi connectivity index (χ2v) is 8.20. The van der Waals surface area contributed by atoms with E-state index in [1.807, 2.05) is 55.5 Å². The third kappa shape index (κ3) is 4.29. The summed E-state index contributed by atoms with van der Waals surface area (Å²) in [6, 6.07) is 17.0. The fourth-order valence-electron chi connectivity index (χ4n) is 4.33. The van der Waals surface area contributed by atoms with Gasteiger partial charge in [0.25, 0.3) is 5.56 Å². The number of aromatic nitrogens is 4. The van der Waals surface area contributed by atoms with Gasteiger partial charge in [0, 0.05) is 37.2 Å². The Balaban J connectivity index is 1.29. The van der Waals surface area contributed by atoms with Crippen molar-refractivity contribution in [2.45, 2.75) is 26.0 Å². The average molecular weight is 444 g/mol. The maximum atomic E-state index is 13.0. The van der Waals surface area contributed by atoms with Crippen LogP contribution >= 0.6 is 0 Å². The summed E-state index contributed by atoms with van der Waals surface area (Å²) >= 11 is 0. The van der Waals surface area contributed by atoms with E-state index in [1.165, 1.54) is 0 Å². The van der Waals surface area contributed by atoms with E-state index in [2.05, 4.69) is 10.2 Å². The molecule has 1 atom stereocenters. The third-order valence-corrected chi connectivity index (χ3v) is 6.07. The molecule has 1 amide bonds. The summed E-state index contributed by atoms with van der Waals surface area (Å²) in [5, 5.41) is 7.92. The molecule has 33 heavy (non-hydrogen) atoms. The first kappa shape index (κ1) is 21.1. The number of nitrogens with one attached hydrogen (secondary N) is 1. The van der Waals surface area contributed by atoms with Gasteiger partial charge in [-0.05, 0) is 36.8 Å². The zero-order chi connectivity index (χ0) is 22.8. The van der Waals surface area contributed by atoms with E-state index < -0.39 is 0 Å². The molecule has 8 nitrogen and oxygen atoms in total. The van der Waals surface area contributed by atoms with E-state index in [0.29, 0.717) is 26.2 Å². The minimum Gasteiger partial charge on any atom is -0.368 e. The number of nitrogens with zero attached hydrogens (tertiary/aromatic N) is 4. The first-order valence-electron chi connectivity index (χ1n) is 11.1. The van der Waals surface area contributed by atoms with Crippen LogP contribution in [0.1, 0.15) is 23.8 Å². The molecule has 1 aromatic carbocycles. The van der Waals surface area contributed by atoms with Crippen molar-refractivity contribution in [2.24, 2.45) is 0 Å². The number of amides is 1. The fraction of sp³-hybridized carbons (Fsp3) is 0.280. The van der Waals surface area contributed by atoms with Crippen molar-refractivity contribution < 1.29 is 9.53 Å². The van der Waals surface area contributed by atoms with Gasteiger partial charge in [-0.25, -0.2) is 4.98 Å². The van der Waals surface area contributed by atoms with Crippen LogP contribution < -0.4 is 5.56 Å². The SMILES string of the molecule is Cc1cc(=O)n(CCC(=O)N2CCOC(c3cccc(-c4ccn[nH]4)n3)C2)c2ccccc12. The van der Waals surface area contributed by atoms with Crippen LogP contribution in [0.2, 0.25) is 0 Å². The van der Waals surface area contributed by atoms with Crippen molar-refractivity contribution in [3.05, 3.63) is 82.4 Å². The van der Waals surface area contributed by atoms with Crippen LogP contribution in [-0.2, 0) is 16.1 Å². The monoisotopic (exact) mass is 443 g/mol. The molecule has 3 aromatic heterocycles. The van der Waals surface area contributed by atoms with Crippen LogP contribution in [-0.4, -0.2) is 50.3 Å². The van der Waals surface area contributed by atoms with Crippen LogP contribution in [0.25, 0.3) is 22.3 Å². The minimum atomic E-state index is -0.298. The molecule has 1 aliphatic rings. The van der Waals surface area contributed by atoms with Crippen molar-refractivity contribution in [2.75, 3.05) is 19.7 Å². The molecule has 0 radical (unpaired) electrons. The molecule has 4 heterocycles. The van der Waals surface area contributed by atoms with E-state index in [1.54, 1.807) is 21.7 Å². The molecule has 0 bridgehead atoms. The molecule has 1 saturated heterocycles. The Bertz CT molecular complexity index is 1350. The molecule has 1 aliphatic heterocycles. The van der Waals surface area contributed by atoms with E-state index >= 15 is 0 Å². The van der Waals surface area contributed by atoms with Gasteiger partial charge >= 0.3 is 0 Å². The number of carbonyl (C=O) groups is 1. The number of aryl methyl sites for hydroxylation is 2. The molecular formula is C25H25N5O3. The number of pyridine rings is 2. The van der Waals surface area contributed by atoms with Gasteiger partial charge in [-0.2, -0.15) is 5.10 Å². The first-order chi connectivity index (χ1) is 16.1. The van der Waals surface area contributed by atoms with Crippen LogP contribution in [0, 0.1) is 6.92 Å². The summed E-state index contributed by atoms with van der Waals surface area (Å²) in [4.78, 5) is 32.2. The summed E-state index contributed by atoms with van der Waals surface area (Å²) in [7, 11) is 0. The number of H-pyrrole nitrogens is 1. The largest absolute Gasteiger partial charge is 0.368 e. The maximum Gasteiger partial charge on any atom is 0.251 e. The molecule has 0 aliphatic carbocycles. The standard InChI is InChI=1S/C25H25N5O3/c1-17-15-25(32)30(22-8-3-2-5-18(17)22)12-10-24(31)29-13-14-33-23(16-29)21-7-4-6-19(27-21)20-9-11-26-28-20/h2-9,11,15,23H,10,12-14,16H2,1H3,(H,26,28). The van der Waals surface area contributed by atoms with Gasteiger partial charge in [0.05, 0.1) is 35.8 Å². The molecule has 1 unspecified atom stereocenters. The Morgan fingerprint density at radius 3 is 2.91 bits per heavy atom. The number of fused-ring (bicyclic) bond motifs is 1. The molecule has 1 N–H and O–H groups in total. The van der Waals surface area contributed by atoms with Crippen molar-refractivity contribution in [1.82, 2.24) is 24.6 Å². The summed E-state index contributed by atoms with van der Waals surface area (Å²) in [5.41, 5.74) is 4.10. The predicted octanol–water partition coefficient (Wildman–Crippen LogP) is 3.09. The van der Waals surface area contributed by atoms with Crippen molar-refractivity contribution in [1.29, 1.82) is 0 Å². The molecule has 0 saturated carbocycles. The smallest absolute Gasteiger partial charge is 0.251 e. The van der Waals surface area contributed by atoms with E-state index in [0.717, 1.165) is 33.5 Å². The van der Waals surface area contributed by atoms with Crippen molar-refractivity contribution in [3.63, 3.8) is 0 Å². The lowest BCUT2D eigenvalue weighted by molar-refractivity contribution is -0.139. The number of benzene rings is 1. The quantitative estimate of drug-likeness (QED) is 0.512. The lowest BCUT2D eigenvalue weighted by atomic mass is 10.1. The zero-order valence-corrected chi connectivity index (χ0v) is 18.4. The molecule has 4 aromatic rings. The van der Waals surface area contributed by atoms with E-state index in [9.17, 15) is 9.59 Å². The molecule has 5 rings (SSSR count). The lowest BCUT2D eigenvalue weighted by Gasteiger charge is -2.33. The van der Waals surface area contributed by atoms with Gasteiger partial charge in [0.1, 0.15) is 6.10 Å². The molecule has 168 valence electrons. The van der Waals surface area contributed by atoms with Gasteiger partial charge in [0.2, 0.25) is 5.91 Å².